The zero-order valence-corrected chi connectivity index (χ0v) is 12.9. The fraction of sp³-hybridized carbons (Fsp3) is 0.389. The Morgan fingerprint density at radius 1 is 0.842 bits per heavy atom. The lowest BCUT2D eigenvalue weighted by Crippen LogP contribution is -1.86. The molecule has 0 aliphatic heterocycles. The van der Waals surface area contributed by atoms with Crippen molar-refractivity contribution < 1.29 is 4.79 Å². The van der Waals surface area contributed by atoms with E-state index in [0.29, 0.717) is 6.42 Å². The predicted octanol–water partition coefficient (Wildman–Crippen LogP) is 5.33. The van der Waals surface area contributed by atoms with Crippen molar-refractivity contribution in [1.82, 2.24) is 0 Å². The van der Waals surface area contributed by atoms with E-state index in [9.17, 15) is 4.79 Å². The normalized spacial score (nSPS) is 13.3. The van der Waals surface area contributed by atoms with Gasteiger partial charge in [-0.2, -0.15) is 0 Å². The molecule has 104 valence electrons. The van der Waals surface area contributed by atoms with Crippen LogP contribution in [0, 0.1) is 0 Å². The van der Waals surface area contributed by atoms with Gasteiger partial charge >= 0.3 is 0 Å². The van der Waals surface area contributed by atoms with Crippen LogP contribution in [0.2, 0.25) is 0 Å². The number of ketones is 1. The van der Waals surface area contributed by atoms with Crippen LogP contribution in [-0.4, -0.2) is 5.78 Å². The zero-order valence-electron chi connectivity index (χ0n) is 12.9. The summed E-state index contributed by atoms with van der Waals surface area (Å²) in [6.07, 6.45) is 16.0. The molecule has 0 radical (unpaired) electrons. The first kappa shape index (κ1) is 17.4. The Morgan fingerprint density at radius 3 is 2.00 bits per heavy atom. The number of Topliss-reactive ketones (excluding diaryl/α,β-unsaturated/α-hetero) is 1. The second kappa shape index (κ2) is 10.3. The van der Waals surface area contributed by atoms with E-state index in [4.69, 9.17) is 0 Å². The van der Waals surface area contributed by atoms with Crippen LogP contribution < -0.4 is 0 Å². The van der Waals surface area contributed by atoms with Crippen molar-refractivity contribution in [2.75, 3.05) is 0 Å². The molecule has 0 saturated heterocycles. The third kappa shape index (κ3) is 12.6. The van der Waals surface area contributed by atoms with E-state index in [0.717, 1.165) is 6.42 Å². The third-order valence-corrected chi connectivity index (χ3v) is 2.47. The number of rotatable bonds is 7. The first-order chi connectivity index (χ1) is 8.91. The molecule has 0 aromatic carbocycles. The second-order valence-electron chi connectivity index (χ2n) is 5.06. The molecule has 0 heterocycles. The van der Waals surface area contributed by atoms with Crippen LogP contribution >= 0.6 is 0 Å². The molecule has 0 fully saturated rings. The van der Waals surface area contributed by atoms with Gasteiger partial charge in [-0.25, -0.2) is 0 Å². The summed E-state index contributed by atoms with van der Waals surface area (Å²) in [5, 5.41) is 0. The maximum atomic E-state index is 10.8. The maximum absolute atomic E-state index is 10.8. The van der Waals surface area contributed by atoms with Gasteiger partial charge in [0, 0.05) is 6.42 Å². The summed E-state index contributed by atoms with van der Waals surface area (Å²) in [5.74, 6) is 0.244. The van der Waals surface area contributed by atoms with Crippen LogP contribution in [0.4, 0.5) is 0 Å². The van der Waals surface area contributed by atoms with Crippen molar-refractivity contribution in [2.45, 2.75) is 47.5 Å². The minimum absolute atomic E-state index is 0.244. The summed E-state index contributed by atoms with van der Waals surface area (Å²) in [6.45, 7) is 9.92. The first-order valence-electron chi connectivity index (χ1n) is 6.74. The summed E-state index contributed by atoms with van der Waals surface area (Å²) in [6, 6.07) is 0. The van der Waals surface area contributed by atoms with E-state index in [2.05, 4.69) is 64.2 Å². The van der Waals surface area contributed by atoms with E-state index in [1.54, 1.807) is 6.92 Å². The Bertz CT molecular complexity index is 425. The highest BCUT2D eigenvalue weighted by atomic mass is 16.1. The molecule has 0 spiro atoms. The Labute approximate surface area is 118 Å². The number of allylic oxidation sites excluding steroid dienone is 10. The van der Waals surface area contributed by atoms with Crippen molar-refractivity contribution >= 4 is 5.78 Å². The van der Waals surface area contributed by atoms with Crippen molar-refractivity contribution in [1.29, 1.82) is 0 Å². The third-order valence-electron chi connectivity index (χ3n) is 2.47. The zero-order chi connectivity index (χ0) is 14.7. The first-order valence-corrected chi connectivity index (χ1v) is 6.74. The van der Waals surface area contributed by atoms with E-state index in [-0.39, 0.29) is 5.78 Å². The SMILES string of the molecule is CC(=O)CC/C=C(C)/C=C/C=C(C)/C=C/C=C(C)C. The summed E-state index contributed by atoms with van der Waals surface area (Å²) >= 11 is 0. The average molecular weight is 258 g/mol. The molecule has 0 amide bonds. The number of carbonyl (C=O) groups is 1. The lowest BCUT2D eigenvalue weighted by Gasteiger charge is -1.92. The fourth-order valence-corrected chi connectivity index (χ4v) is 1.37. The monoisotopic (exact) mass is 258 g/mol. The molecule has 0 unspecified atom stereocenters. The fourth-order valence-electron chi connectivity index (χ4n) is 1.37. The van der Waals surface area contributed by atoms with Gasteiger partial charge in [0.05, 0.1) is 0 Å². The lowest BCUT2D eigenvalue weighted by molar-refractivity contribution is -0.116. The highest BCUT2D eigenvalue weighted by Crippen LogP contribution is 2.03. The van der Waals surface area contributed by atoms with Gasteiger partial charge in [0.2, 0.25) is 0 Å². The lowest BCUT2D eigenvalue weighted by atomic mass is 10.1. The van der Waals surface area contributed by atoms with E-state index in [1.165, 1.54) is 16.7 Å². The molecule has 0 aliphatic carbocycles. The Balaban J connectivity index is 4.28. The summed E-state index contributed by atoms with van der Waals surface area (Å²) < 4.78 is 0. The number of carbonyl (C=O) groups excluding carboxylic acids is 1. The van der Waals surface area contributed by atoms with Crippen molar-refractivity contribution in [2.24, 2.45) is 0 Å². The van der Waals surface area contributed by atoms with Crippen molar-refractivity contribution in [3.63, 3.8) is 0 Å². The number of hydrogen-bond donors (Lipinski definition) is 0. The van der Waals surface area contributed by atoms with Crippen LogP contribution in [-0.2, 0) is 4.79 Å². The molecular formula is C18H26O. The van der Waals surface area contributed by atoms with Gasteiger partial charge in [-0.05, 0) is 41.0 Å². The number of hydrogen-bond acceptors (Lipinski definition) is 1. The average Bonchev–Trinajstić information content (AvgIpc) is 2.27. The van der Waals surface area contributed by atoms with E-state index >= 15 is 0 Å². The second-order valence-corrected chi connectivity index (χ2v) is 5.06. The van der Waals surface area contributed by atoms with Crippen molar-refractivity contribution in [3.8, 4) is 0 Å². The van der Waals surface area contributed by atoms with Crippen LogP contribution in [0.1, 0.15) is 47.5 Å². The minimum Gasteiger partial charge on any atom is -0.300 e. The van der Waals surface area contributed by atoms with Gasteiger partial charge in [0.15, 0.2) is 0 Å². The molecule has 0 saturated carbocycles. The van der Waals surface area contributed by atoms with Crippen LogP contribution in [0.15, 0.2) is 59.3 Å². The molecule has 19 heavy (non-hydrogen) atoms. The molecule has 0 aromatic heterocycles. The van der Waals surface area contributed by atoms with Gasteiger partial charge < -0.3 is 4.79 Å². The van der Waals surface area contributed by atoms with Crippen LogP contribution in [0.25, 0.3) is 0 Å². The summed E-state index contributed by atoms with van der Waals surface area (Å²) in [4.78, 5) is 10.8. The molecule has 0 N–H and O–H groups in total. The molecule has 1 heteroatoms. The molecule has 0 bridgehead atoms. The molecule has 0 atom stereocenters. The van der Waals surface area contributed by atoms with Gasteiger partial charge in [0.1, 0.15) is 5.78 Å². The van der Waals surface area contributed by atoms with Gasteiger partial charge in [-0.1, -0.05) is 59.3 Å². The standard InChI is InChI=1S/C18H26O/c1-15(2)9-6-10-16(3)11-7-12-17(4)13-8-14-18(5)19/h6-7,9-13H,8,14H2,1-5H3/b10-6+,12-7+,16-11+,17-13+. The highest BCUT2D eigenvalue weighted by Gasteiger charge is 1.89. The van der Waals surface area contributed by atoms with Crippen LogP contribution in [0.5, 0.6) is 0 Å². The summed E-state index contributed by atoms with van der Waals surface area (Å²) in [5.41, 5.74) is 3.70. The van der Waals surface area contributed by atoms with E-state index < -0.39 is 0 Å². The predicted molar refractivity (Wildman–Crippen MR) is 85.1 cm³/mol. The molecule has 0 rings (SSSR count). The van der Waals surface area contributed by atoms with E-state index in [1.807, 2.05) is 6.08 Å². The molecular weight excluding hydrogens is 232 g/mol. The quantitative estimate of drug-likeness (QED) is 0.564. The largest absolute Gasteiger partial charge is 0.300 e. The smallest absolute Gasteiger partial charge is 0.130 e. The van der Waals surface area contributed by atoms with Gasteiger partial charge in [-0.15, -0.1) is 0 Å². The molecule has 0 aliphatic rings. The Hall–Kier alpha value is -1.63. The Kier molecular flexibility index (Phi) is 9.42. The minimum atomic E-state index is 0.244. The summed E-state index contributed by atoms with van der Waals surface area (Å²) in [7, 11) is 0. The Morgan fingerprint density at radius 2 is 1.42 bits per heavy atom. The maximum Gasteiger partial charge on any atom is 0.130 e. The topological polar surface area (TPSA) is 17.1 Å². The van der Waals surface area contributed by atoms with Gasteiger partial charge in [-0.3, -0.25) is 0 Å². The molecule has 0 aromatic rings. The van der Waals surface area contributed by atoms with Crippen LogP contribution in [0.3, 0.4) is 0 Å². The highest BCUT2D eigenvalue weighted by molar-refractivity contribution is 5.75. The van der Waals surface area contributed by atoms with Crippen molar-refractivity contribution in [3.05, 3.63) is 59.3 Å². The van der Waals surface area contributed by atoms with Gasteiger partial charge in [0.25, 0.3) is 0 Å². The molecule has 1 nitrogen and oxygen atoms in total.